The first-order valence-corrected chi connectivity index (χ1v) is 6.30. The molecule has 0 amide bonds. The highest BCUT2D eigenvalue weighted by Gasteiger charge is 2.16. The summed E-state index contributed by atoms with van der Waals surface area (Å²) in [5, 5.41) is 3.24. The molecule has 0 fully saturated rings. The summed E-state index contributed by atoms with van der Waals surface area (Å²) in [4.78, 5) is 1.12. The van der Waals surface area contributed by atoms with Crippen LogP contribution in [0, 0.1) is 0 Å². The Morgan fingerprint density at radius 1 is 1.25 bits per heavy atom. The second-order valence-electron chi connectivity index (χ2n) is 3.28. The predicted molar refractivity (Wildman–Crippen MR) is 69.9 cm³/mol. The third kappa shape index (κ3) is 2.39. The van der Waals surface area contributed by atoms with Gasteiger partial charge in [0.2, 0.25) is 0 Å². The van der Waals surface area contributed by atoms with E-state index in [1.807, 2.05) is 23.6 Å². The fourth-order valence-corrected chi connectivity index (χ4v) is 2.84. The number of thiophene rings is 1. The van der Waals surface area contributed by atoms with Crippen molar-refractivity contribution in [1.82, 2.24) is 5.43 Å². The highest BCUT2D eigenvalue weighted by molar-refractivity contribution is 7.10. The van der Waals surface area contributed by atoms with Crippen molar-refractivity contribution in [3.05, 3.63) is 56.2 Å². The monoisotopic (exact) mass is 272 g/mol. The maximum Gasteiger partial charge on any atom is 0.0816 e. The molecule has 0 aliphatic heterocycles. The lowest BCUT2D eigenvalue weighted by Crippen LogP contribution is -2.28. The van der Waals surface area contributed by atoms with Crippen molar-refractivity contribution >= 4 is 34.5 Å². The molecule has 0 saturated heterocycles. The number of benzene rings is 1. The minimum absolute atomic E-state index is 0.0928. The lowest BCUT2D eigenvalue weighted by atomic mass is 10.1. The number of halogens is 2. The van der Waals surface area contributed by atoms with Gasteiger partial charge in [0.05, 0.1) is 6.04 Å². The molecule has 1 aromatic carbocycles. The van der Waals surface area contributed by atoms with Gasteiger partial charge in [0.1, 0.15) is 0 Å². The number of rotatable bonds is 3. The van der Waals surface area contributed by atoms with Crippen molar-refractivity contribution < 1.29 is 0 Å². The SMILES string of the molecule is NNC(c1cccs1)c1ccc(Cl)cc1Cl. The average Bonchev–Trinajstić information content (AvgIpc) is 2.75. The Labute approximate surface area is 108 Å². The molecule has 0 aliphatic carbocycles. The predicted octanol–water partition coefficient (Wildman–Crippen LogP) is 3.61. The van der Waals surface area contributed by atoms with Crippen LogP contribution < -0.4 is 11.3 Å². The zero-order valence-electron chi connectivity index (χ0n) is 8.28. The quantitative estimate of drug-likeness (QED) is 0.662. The second kappa shape index (κ2) is 5.17. The van der Waals surface area contributed by atoms with E-state index in [9.17, 15) is 0 Å². The Morgan fingerprint density at radius 3 is 2.62 bits per heavy atom. The van der Waals surface area contributed by atoms with Crippen LogP contribution in [0.5, 0.6) is 0 Å². The van der Waals surface area contributed by atoms with Gasteiger partial charge < -0.3 is 0 Å². The van der Waals surface area contributed by atoms with E-state index in [1.54, 1.807) is 23.5 Å². The Balaban J connectivity index is 2.41. The standard InChI is InChI=1S/C11H10Cl2N2S/c12-7-3-4-8(9(13)6-7)11(15-14)10-2-1-5-16-10/h1-6,11,15H,14H2. The third-order valence-corrected chi connectivity index (χ3v) is 3.77. The molecule has 1 unspecified atom stereocenters. The summed E-state index contributed by atoms with van der Waals surface area (Å²) < 4.78 is 0. The van der Waals surface area contributed by atoms with Crippen LogP contribution >= 0.6 is 34.5 Å². The van der Waals surface area contributed by atoms with Gasteiger partial charge >= 0.3 is 0 Å². The van der Waals surface area contributed by atoms with Crippen molar-refractivity contribution in [2.45, 2.75) is 6.04 Å². The first-order chi connectivity index (χ1) is 7.72. The average molecular weight is 273 g/mol. The topological polar surface area (TPSA) is 38.0 Å². The van der Waals surface area contributed by atoms with Gasteiger partial charge in [-0.15, -0.1) is 11.3 Å². The molecule has 0 radical (unpaired) electrons. The minimum atomic E-state index is -0.0928. The van der Waals surface area contributed by atoms with E-state index in [-0.39, 0.29) is 6.04 Å². The van der Waals surface area contributed by atoms with Crippen LogP contribution in [0.3, 0.4) is 0 Å². The second-order valence-corrected chi connectivity index (χ2v) is 5.10. The van der Waals surface area contributed by atoms with Crippen LogP contribution in [0.25, 0.3) is 0 Å². The van der Waals surface area contributed by atoms with Gasteiger partial charge in [-0.25, -0.2) is 5.43 Å². The van der Waals surface area contributed by atoms with Gasteiger partial charge in [0, 0.05) is 14.9 Å². The lowest BCUT2D eigenvalue weighted by molar-refractivity contribution is 0.647. The summed E-state index contributed by atoms with van der Waals surface area (Å²) >= 11 is 13.6. The Bertz CT molecular complexity index is 471. The van der Waals surface area contributed by atoms with Gasteiger partial charge in [0.25, 0.3) is 0 Å². The van der Waals surface area contributed by atoms with Crippen molar-refractivity contribution in [2.24, 2.45) is 5.84 Å². The Morgan fingerprint density at radius 2 is 2.06 bits per heavy atom. The number of hydrogen-bond donors (Lipinski definition) is 2. The number of nitrogens with two attached hydrogens (primary N) is 1. The van der Waals surface area contributed by atoms with Crippen LogP contribution in [0.4, 0.5) is 0 Å². The zero-order valence-corrected chi connectivity index (χ0v) is 10.6. The molecule has 5 heteroatoms. The summed E-state index contributed by atoms with van der Waals surface area (Å²) in [6.45, 7) is 0. The van der Waals surface area contributed by atoms with Crippen LogP contribution in [-0.4, -0.2) is 0 Å². The molecular formula is C11H10Cl2N2S. The molecule has 84 valence electrons. The highest BCUT2D eigenvalue weighted by atomic mass is 35.5. The molecule has 0 bridgehead atoms. The summed E-state index contributed by atoms with van der Waals surface area (Å²) in [5.41, 5.74) is 3.69. The number of hydrogen-bond acceptors (Lipinski definition) is 3. The van der Waals surface area contributed by atoms with Gasteiger partial charge in [-0.05, 0) is 29.1 Å². The van der Waals surface area contributed by atoms with Gasteiger partial charge in [-0.3, -0.25) is 5.84 Å². The highest BCUT2D eigenvalue weighted by Crippen LogP contribution is 2.31. The fraction of sp³-hybridized carbons (Fsp3) is 0.0909. The van der Waals surface area contributed by atoms with Crippen molar-refractivity contribution in [3.63, 3.8) is 0 Å². The lowest BCUT2D eigenvalue weighted by Gasteiger charge is -2.16. The summed E-state index contributed by atoms with van der Waals surface area (Å²) in [6.07, 6.45) is 0. The van der Waals surface area contributed by atoms with Crippen LogP contribution in [0.15, 0.2) is 35.7 Å². The molecule has 1 aromatic heterocycles. The van der Waals surface area contributed by atoms with Crippen molar-refractivity contribution in [1.29, 1.82) is 0 Å². The molecule has 1 atom stereocenters. The first-order valence-electron chi connectivity index (χ1n) is 4.67. The molecule has 2 nitrogen and oxygen atoms in total. The van der Waals surface area contributed by atoms with E-state index in [4.69, 9.17) is 29.0 Å². The maximum atomic E-state index is 6.14. The van der Waals surface area contributed by atoms with E-state index in [0.29, 0.717) is 10.0 Å². The molecule has 16 heavy (non-hydrogen) atoms. The molecule has 2 aromatic rings. The maximum absolute atomic E-state index is 6.14. The van der Waals surface area contributed by atoms with E-state index in [2.05, 4.69) is 5.43 Å². The Hall–Kier alpha value is -0.580. The normalized spacial score (nSPS) is 12.7. The van der Waals surface area contributed by atoms with Crippen LogP contribution in [0.2, 0.25) is 10.0 Å². The molecule has 1 heterocycles. The summed E-state index contributed by atoms with van der Waals surface area (Å²) in [5.74, 6) is 5.57. The third-order valence-electron chi connectivity index (χ3n) is 2.27. The fourth-order valence-electron chi connectivity index (χ4n) is 1.52. The number of hydrazine groups is 1. The summed E-state index contributed by atoms with van der Waals surface area (Å²) in [6, 6.07) is 9.31. The largest absolute Gasteiger partial charge is 0.271 e. The zero-order chi connectivity index (χ0) is 11.5. The van der Waals surface area contributed by atoms with E-state index in [0.717, 1.165) is 10.4 Å². The summed E-state index contributed by atoms with van der Waals surface area (Å²) in [7, 11) is 0. The van der Waals surface area contributed by atoms with Gasteiger partial charge in [0.15, 0.2) is 0 Å². The van der Waals surface area contributed by atoms with Gasteiger partial charge in [-0.1, -0.05) is 35.3 Å². The van der Waals surface area contributed by atoms with Crippen molar-refractivity contribution in [3.8, 4) is 0 Å². The van der Waals surface area contributed by atoms with E-state index >= 15 is 0 Å². The molecule has 0 aliphatic rings. The van der Waals surface area contributed by atoms with Crippen molar-refractivity contribution in [2.75, 3.05) is 0 Å². The number of nitrogens with one attached hydrogen (secondary N) is 1. The molecular weight excluding hydrogens is 263 g/mol. The Kier molecular flexibility index (Phi) is 3.84. The van der Waals surface area contributed by atoms with E-state index < -0.39 is 0 Å². The molecule has 3 N–H and O–H groups in total. The van der Waals surface area contributed by atoms with E-state index in [1.165, 1.54) is 0 Å². The van der Waals surface area contributed by atoms with Crippen LogP contribution in [-0.2, 0) is 0 Å². The minimum Gasteiger partial charge on any atom is -0.271 e. The molecule has 2 rings (SSSR count). The molecule has 0 saturated carbocycles. The van der Waals surface area contributed by atoms with Crippen LogP contribution in [0.1, 0.15) is 16.5 Å². The smallest absolute Gasteiger partial charge is 0.0816 e. The first kappa shape index (κ1) is 11.9. The molecule has 0 spiro atoms. The van der Waals surface area contributed by atoms with Gasteiger partial charge in [-0.2, -0.15) is 0 Å².